The number of ketones is 2. The number of carbonyl (C=O) groups is 2. The third kappa shape index (κ3) is 6.30. The number of H-pyrrole nitrogens is 1. The lowest BCUT2D eigenvalue weighted by molar-refractivity contribution is 0.0883. The van der Waals surface area contributed by atoms with Crippen molar-refractivity contribution in [2.75, 3.05) is 0 Å². The van der Waals surface area contributed by atoms with Crippen molar-refractivity contribution in [1.29, 1.82) is 0 Å². The van der Waals surface area contributed by atoms with Gasteiger partial charge in [0.1, 0.15) is 0 Å². The lowest BCUT2D eigenvalue weighted by atomic mass is 9.79. The summed E-state index contributed by atoms with van der Waals surface area (Å²) in [5.41, 5.74) is 7.45. The van der Waals surface area contributed by atoms with E-state index in [-0.39, 0.29) is 28.3 Å². The first-order valence-corrected chi connectivity index (χ1v) is 16.0. The molecule has 2 fully saturated rings. The molecule has 0 atom stereocenters. The lowest BCUT2D eigenvalue weighted by Crippen LogP contribution is -2.21. The molecule has 2 aliphatic rings. The van der Waals surface area contributed by atoms with E-state index in [2.05, 4.69) is 82.9 Å². The van der Waals surface area contributed by atoms with Crippen LogP contribution in [0.5, 0.6) is 0 Å². The van der Waals surface area contributed by atoms with Crippen molar-refractivity contribution >= 4 is 11.6 Å². The Labute approximate surface area is 247 Å². The van der Waals surface area contributed by atoms with Crippen molar-refractivity contribution < 1.29 is 9.59 Å². The van der Waals surface area contributed by atoms with Gasteiger partial charge in [-0.05, 0) is 59.1 Å². The predicted molar refractivity (Wildman–Crippen MR) is 170 cm³/mol. The fraction of sp³-hybridized carbons (Fsp3) is 0.526. The predicted octanol–water partition coefficient (Wildman–Crippen LogP) is 10.3. The molecule has 2 aromatic carbocycles. The van der Waals surface area contributed by atoms with Crippen molar-refractivity contribution in [3.63, 3.8) is 0 Å². The second-order valence-corrected chi connectivity index (χ2v) is 14.7. The number of rotatable bonds is 6. The molecule has 0 unspecified atom stereocenters. The molecule has 5 rings (SSSR count). The zero-order valence-corrected chi connectivity index (χ0v) is 26.2. The first kappa shape index (κ1) is 29.5. The third-order valence-electron chi connectivity index (χ3n) is 9.54. The fourth-order valence-electron chi connectivity index (χ4n) is 6.91. The van der Waals surface area contributed by atoms with Gasteiger partial charge in [-0.25, -0.2) is 0 Å². The number of hydrogen-bond acceptors (Lipinski definition) is 2. The van der Waals surface area contributed by atoms with E-state index in [0.29, 0.717) is 22.7 Å². The Bertz CT molecular complexity index is 1360. The Morgan fingerprint density at radius 2 is 1.15 bits per heavy atom. The van der Waals surface area contributed by atoms with Gasteiger partial charge in [0.2, 0.25) is 5.78 Å². The maximum absolute atomic E-state index is 14.5. The molecule has 41 heavy (non-hydrogen) atoms. The summed E-state index contributed by atoms with van der Waals surface area (Å²) in [6, 6.07) is 16.8. The van der Waals surface area contributed by atoms with Crippen molar-refractivity contribution in [2.45, 2.75) is 122 Å². The number of Topliss-reactive ketones (excluding diaryl/α,β-unsaturated/α-hetero) is 1. The van der Waals surface area contributed by atoms with Crippen LogP contribution in [0.2, 0.25) is 0 Å². The van der Waals surface area contributed by atoms with E-state index in [1.54, 1.807) is 0 Å². The SMILES string of the molecule is CC(C)(C)c1ccc(C(=O)c2[nH]c(C3CCCCC3)c(-c3ccc(C(C)(C)C)cc3)c2C(=O)C2CCCCC2)cc1. The highest BCUT2D eigenvalue weighted by molar-refractivity contribution is 6.18. The minimum Gasteiger partial charge on any atom is -0.354 e. The van der Waals surface area contributed by atoms with Crippen molar-refractivity contribution in [2.24, 2.45) is 5.92 Å². The summed E-state index contributed by atoms with van der Waals surface area (Å²) in [6.07, 6.45) is 11.0. The Hall–Kier alpha value is -2.94. The largest absolute Gasteiger partial charge is 0.354 e. The van der Waals surface area contributed by atoms with Crippen LogP contribution in [-0.2, 0) is 10.8 Å². The monoisotopic (exact) mass is 551 g/mol. The van der Waals surface area contributed by atoms with Crippen LogP contribution in [-0.4, -0.2) is 16.6 Å². The van der Waals surface area contributed by atoms with Crippen LogP contribution in [0.3, 0.4) is 0 Å². The highest BCUT2D eigenvalue weighted by atomic mass is 16.1. The van der Waals surface area contributed by atoms with Crippen LogP contribution in [0.1, 0.15) is 155 Å². The lowest BCUT2D eigenvalue weighted by Gasteiger charge is -2.24. The summed E-state index contributed by atoms with van der Waals surface area (Å²) in [4.78, 5) is 32.4. The molecule has 0 saturated heterocycles. The minimum absolute atomic E-state index is 0.0106. The molecule has 1 aromatic heterocycles. The zero-order chi connectivity index (χ0) is 29.4. The zero-order valence-electron chi connectivity index (χ0n) is 26.2. The van der Waals surface area contributed by atoms with E-state index < -0.39 is 0 Å². The number of aromatic nitrogens is 1. The number of carbonyl (C=O) groups excluding carboxylic acids is 2. The Morgan fingerprint density at radius 1 is 0.659 bits per heavy atom. The molecule has 3 nitrogen and oxygen atoms in total. The van der Waals surface area contributed by atoms with Crippen LogP contribution in [0.4, 0.5) is 0 Å². The van der Waals surface area contributed by atoms with Gasteiger partial charge in [0.05, 0.1) is 11.3 Å². The molecule has 0 radical (unpaired) electrons. The first-order chi connectivity index (χ1) is 19.4. The molecular weight excluding hydrogens is 502 g/mol. The summed E-state index contributed by atoms with van der Waals surface area (Å²) in [6.45, 7) is 13.2. The van der Waals surface area contributed by atoms with E-state index in [9.17, 15) is 9.59 Å². The number of aromatic amines is 1. The second-order valence-electron chi connectivity index (χ2n) is 14.7. The molecule has 1 heterocycles. The summed E-state index contributed by atoms with van der Waals surface area (Å²) in [5.74, 6) is 0.414. The number of hydrogen-bond donors (Lipinski definition) is 1. The molecule has 0 amide bonds. The Morgan fingerprint density at radius 3 is 1.66 bits per heavy atom. The average Bonchev–Trinajstić information content (AvgIpc) is 3.37. The third-order valence-corrected chi connectivity index (χ3v) is 9.54. The Balaban J connectivity index is 1.69. The quantitative estimate of drug-likeness (QED) is 0.310. The molecule has 3 heteroatoms. The van der Waals surface area contributed by atoms with Gasteiger partial charge in [-0.2, -0.15) is 0 Å². The highest BCUT2D eigenvalue weighted by Gasteiger charge is 2.35. The summed E-state index contributed by atoms with van der Waals surface area (Å²) < 4.78 is 0. The van der Waals surface area contributed by atoms with Gasteiger partial charge in [-0.3, -0.25) is 9.59 Å². The molecule has 3 aromatic rings. The second kappa shape index (κ2) is 11.7. The molecular formula is C38H49NO2. The van der Waals surface area contributed by atoms with E-state index in [0.717, 1.165) is 55.3 Å². The topological polar surface area (TPSA) is 49.9 Å². The van der Waals surface area contributed by atoms with E-state index >= 15 is 0 Å². The highest BCUT2D eigenvalue weighted by Crippen LogP contribution is 2.43. The molecule has 0 spiro atoms. The van der Waals surface area contributed by atoms with Gasteiger partial charge in [0, 0.05) is 22.7 Å². The van der Waals surface area contributed by atoms with Crippen LogP contribution >= 0.6 is 0 Å². The van der Waals surface area contributed by atoms with E-state index in [1.807, 2.05) is 12.1 Å². The van der Waals surface area contributed by atoms with Crippen LogP contribution < -0.4 is 0 Å². The molecule has 2 saturated carbocycles. The summed E-state index contributed by atoms with van der Waals surface area (Å²) in [5, 5.41) is 0. The molecule has 0 bridgehead atoms. The average molecular weight is 552 g/mol. The molecule has 2 aliphatic carbocycles. The number of benzene rings is 2. The van der Waals surface area contributed by atoms with Gasteiger partial charge in [0.25, 0.3) is 0 Å². The standard InChI is InChI=1S/C38H49NO2/c1-37(2,3)29-21-17-25(18-22-29)31-32(35(40)27-15-11-8-12-16-27)34(39-33(31)26-13-9-7-10-14-26)36(41)28-19-23-30(24-20-28)38(4,5)6/h17-24,26-27,39H,7-16H2,1-6H3. The van der Waals surface area contributed by atoms with E-state index in [4.69, 9.17) is 0 Å². The van der Waals surface area contributed by atoms with Gasteiger partial charge in [0.15, 0.2) is 5.78 Å². The van der Waals surface area contributed by atoms with Crippen molar-refractivity contribution in [3.8, 4) is 11.1 Å². The van der Waals surface area contributed by atoms with Crippen LogP contribution in [0.25, 0.3) is 11.1 Å². The van der Waals surface area contributed by atoms with Crippen molar-refractivity contribution in [1.82, 2.24) is 4.98 Å². The fourth-order valence-corrected chi connectivity index (χ4v) is 6.91. The van der Waals surface area contributed by atoms with Gasteiger partial charge >= 0.3 is 0 Å². The number of nitrogens with one attached hydrogen (secondary N) is 1. The summed E-state index contributed by atoms with van der Waals surface area (Å²) >= 11 is 0. The van der Waals surface area contributed by atoms with E-state index in [1.165, 1.54) is 36.8 Å². The van der Waals surface area contributed by atoms with Gasteiger partial charge in [-0.15, -0.1) is 0 Å². The van der Waals surface area contributed by atoms with Gasteiger partial charge < -0.3 is 4.98 Å². The molecule has 1 N–H and O–H groups in total. The van der Waals surface area contributed by atoms with Crippen LogP contribution in [0.15, 0.2) is 48.5 Å². The first-order valence-electron chi connectivity index (χ1n) is 16.0. The maximum atomic E-state index is 14.5. The minimum atomic E-state index is -0.0701. The van der Waals surface area contributed by atoms with Crippen molar-refractivity contribution in [3.05, 3.63) is 82.2 Å². The molecule has 218 valence electrons. The Kier molecular flexibility index (Phi) is 8.46. The smallest absolute Gasteiger partial charge is 0.209 e. The summed E-state index contributed by atoms with van der Waals surface area (Å²) in [7, 11) is 0. The van der Waals surface area contributed by atoms with Gasteiger partial charge in [-0.1, -0.05) is 129 Å². The van der Waals surface area contributed by atoms with Crippen LogP contribution in [0, 0.1) is 5.92 Å². The normalized spacial score (nSPS) is 17.5. The maximum Gasteiger partial charge on any atom is 0.209 e. The molecule has 0 aliphatic heterocycles.